The number of aliphatic hydroxyl groups excluding tert-OH is 2. The van der Waals surface area contributed by atoms with Crippen LogP contribution in [0.25, 0.3) is 0 Å². The zero-order chi connectivity index (χ0) is 14.5. The molecule has 0 aliphatic carbocycles. The zero-order valence-corrected chi connectivity index (χ0v) is 11.9. The van der Waals surface area contributed by atoms with Gasteiger partial charge in [0.15, 0.2) is 0 Å². The van der Waals surface area contributed by atoms with Crippen LogP contribution in [0, 0.1) is 17.8 Å². The fraction of sp³-hybridized carbons (Fsp3) is 0.909. The first-order chi connectivity index (χ1) is 8.08. The second-order valence-electron chi connectivity index (χ2n) is 5.07. The lowest BCUT2D eigenvalue weighted by atomic mass is 9.85. The summed E-state index contributed by atoms with van der Waals surface area (Å²) in [5.41, 5.74) is 0. The maximum absolute atomic E-state index is 11.6. The van der Waals surface area contributed by atoms with E-state index in [0.717, 1.165) is 0 Å². The van der Waals surface area contributed by atoms with Gasteiger partial charge in [0.1, 0.15) is 11.9 Å². The number of carbonyl (C=O) groups is 1. The first kappa shape index (κ1) is 17.7. The highest BCUT2D eigenvalue weighted by Gasteiger charge is 2.31. The van der Waals surface area contributed by atoms with Crippen molar-refractivity contribution in [1.82, 2.24) is 0 Å². The third kappa shape index (κ3) is 6.61. The SMILES string of the molecule is CC(CO)CC(C)C(O)C(C)C(=O)CP(=O)(O)O. The fourth-order valence-electron chi connectivity index (χ4n) is 1.88. The third-order valence-corrected chi connectivity index (χ3v) is 3.77. The molecule has 0 heterocycles. The second-order valence-corrected chi connectivity index (χ2v) is 6.71. The lowest BCUT2D eigenvalue weighted by molar-refractivity contribution is -0.124. The van der Waals surface area contributed by atoms with Crippen LogP contribution >= 0.6 is 7.60 Å². The molecule has 108 valence electrons. The molecule has 0 radical (unpaired) electrons. The van der Waals surface area contributed by atoms with Crippen LogP contribution in [0.4, 0.5) is 0 Å². The summed E-state index contributed by atoms with van der Waals surface area (Å²) < 4.78 is 10.7. The molecular weight excluding hydrogens is 259 g/mol. The molecule has 4 N–H and O–H groups in total. The summed E-state index contributed by atoms with van der Waals surface area (Å²) >= 11 is 0. The Hall–Kier alpha value is -0.260. The van der Waals surface area contributed by atoms with Gasteiger partial charge in [-0.2, -0.15) is 0 Å². The molecule has 0 fully saturated rings. The van der Waals surface area contributed by atoms with Gasteiger partial charge in [-0.3, -0.25) is 9.36 Å². The van der Waals surface area contributed by atoms with Gasteiger partial charge in [0.05, 0.1) is 6.10 Å². The zero-order valence-electron chi connectivity index (χ0n) is 11.0. The summed E-state index contributed by atoms with van der Waals surface area (Å²) in [5.74, 6) is -1.67. The number of aliphatic hydroxyl groups is 2. The van der Waals surface area contributed by atoms with Gasteiger partial charge in [-0.15, -0.1) is 0 Å². The molecule has 0 saturated carbocycles. The maximum Gasteiger partial charge on any atom is 0.332 e. The Morgan fingerprint density at radius 1 is 1.22 bits per heavy atom. The largest absolute Gasteiger partial charge is 0.396 e. The summed E-state index contributed by atoms with van der Waals surface area (Å²) in [4.78, 5) is 29.0. The van der Waals surface area contributed by atoms with Crippen LogP contribution in [-0.4, -0.2) is 44.7 Å². The molecule has 0 spiro atoms. The average molecular weight is 282 g/mol. The van der Waals surface area contributed by atoms with E-state index < -0.39 is 31.6 Å². The van der Waals surface area contributed by atoms with Crippen molar-refractivity contribution in [2.75, 3.05) is 12.8 Å². The van der Waals surface area contributed by atoms with Gasteiger partial charge in [-0.25, -0.2) is 0 Å². The standard InChI is InChI=1S/C11H23O6P/c1-7(5-12)4-8(2)11(14)9(3)10(13)6-18(15,16)17/h7-9,11-12,14H,4-6H2,1-3H3,(H2,15,16,17). The second kappa shape index (κ2) is 7.36. The van der Waals surface area contributed by atoms with Gasteiger partial charge in [-0.1, -0.05) is 20.8 Å². The maximum atomic E-state index is 11.6. The van der Waals surface area contributed by atoms with E-state index in [1.165, 1.54) is 6.92 Å². The summed E-state index contributed by atoms with van der Waals surface area (Å²) in [6.45, 7) is 5.04. The molecule has 6 nitrogen and oxygen atoms in total. The minimum Gasteiger partial charge on any atom is -0.396 e. The molecule has 4 unspecified atom stereocenters. The molecule has 0 aliphatic heterocycles. The first-order valence-corrected chi connectivity index (χ1v) is 7.74. The van der Waals surface area contributed by atoms with Crippen molar-refractivity contribution in [3.05, 3.63) is 0 Å². The summed E-state index contributed by atoms with van der Waals surface area (Å²) in [6.07, 6.45) is -1.25. The normalized spacial score (nSPS) is 19.1. The quantitative estimate of drug-likeness (QED) is 0.479. The predicted molar refractivity (Wildman–Crippen MR) is 67.1 cm³/mol. The van der Waals surface area contributed by atoms with Crippen molar-refractivity contribution < 1.29 is 29.4 Å². The number of ketones is 1. The van der Waals surface area contributed by atoms with Gasteiger partial charge in [-0.05, 0) is 18.3 Å². The topological polar surface area (TPSA) is 115 Å². The monoisotopic (exact) mass is 282 g/mol. The molecular formula is C11H23O6P. The number of hydrogen-bond donors (Lipinski definition) is 4. The van der Waals surface area contributed by atoms with E-state index in [-0.39, 0.29) is 18.4 Å². The summed E-state index contributed by atoms with van der Waals surface area (Å²) in [7, 11) is -4.38. The van der Waals surface area contributed by atoms with E-state index in [1.54, 1.807) is 6.92 Å². The van der Waals surface area contributed by atoms with Crippen LogP contribution in [-0.2, 0) is 9.36 Å². The number of carbonyl (C=O) groups excluding carboxylic acids is 1. The van der Waals surface area contributed by atoms with Gasteiger partial charge < -0.3 is 20.0 Å². The fourth-order valence-corrected chi connectivity index (χ4v) is 2.57. The van der Waals surface area contributed by atoms with Crippen LogP contribution in [0.2, 0.25) is 0 Å². The minimum atomic E-state index is -4.38. The number of rotatable bonds is 8. The van der Waals surface area contributed by atoms with Gasteiger partial charge in [0.25, 0.3) is 0 Å². The number of hydrogen-bond acceptors (Lipinski definition) is 4. The molecule has 0 aromatic rings. The van der Waals surface area contributed by atoms with Gasteiger partial charge in [0, 0.05) is 12.5 Å². The molecule has 0 saturated heterocycles. The van der Waals surface area contributed by atoms with Crippen molar-refractivity contribution in [1.29, 1.82) is 0 Å². The van der Waals surface area contributed by atoms with Crippen LogP contribution in [0.15, 0.2) is 0 Å². The Bertz CT molecular complexity index is 313. The van der Waals surface area contributed by atoms with Crippen LogP contribution in [0.5, 0.6) is 0 Å². The lowest BCUT2D eigenvalue weighted by Gasteiger charge is -2.25. The van der Waals surface area contributed by atoms with E-state index in [4.69, 9.17) is 14.9 Å². The minimum absolute atomic E-state index is 0.00185. The lowest BCUT2D eigenvalue weighted by Crippen LogP contribution is -2.33. The smallest absolute Gasteiger partial charge is 0.332 e. The highest BCUT2D eigenvalue weighted by molar-refractivity contribution is 7.52. The first-order valence-electron chi connectivity index (χ1n) is 5.94. The Morgan fingerprint density at radius 2 is 1.72 bits per heavy atom. The molecule has 0 rings (SSSR count). The van der Waals surface area contributed by atoms with Crippen molar-refractivity contribution in [3.63, 3.8) is 0 Å². The van der Waals surface area contributed by atoms with Crippen LogP contribution < -0.4 is 0 Å². The number of Topliss-reactive ketones (excluding diaryl/α,β-unsaturated/α-hetero) is 1. The Morgan fingerprint density at radius 3 is 2.11 bits per heavy atom. The molecule has 0 bridgehead atoms. The van der Waals surface area contributed by atoms with Crippen LogP contribution in [0.1, 0.15) is 27.2 Å². The predicted octanol–water partition coefficient (Wildman–Crippen LogP) is 0.385. The highest BCUT2D eigenvalue weighted by Crippen LogP contribution is 2.35. The van der Waals surface area contributed by atoms with Crippen LogP contribution in [0.3, 0.4) is 0 Å². The Balaban J connectivity index is 4.44. The molecule has 18 heavy (non-hydrogen) atoms. The Kier molecular flexibility index (Phi) is 7.25. The Labute approximate surface area is 107 Å². The van der Waals surface area contributed by atoms with Crippen molar-refractivity contribution in [2.24, 2.45) is 17.8 Å². The molecule has 0 aromatic carbocycles. The van der Waals surface area contributed by atoms with Gasteiger partial charge >= 0.3 is 7.60 Å². The average Bonchev–Trinajstić information content (AvgIpc) is 2.24. The van der Waals surface area contributed by atoms with Crippen molar-refractivity contribution >= 4 is 13.4 Å². The van der Waals surface area contributed by atoms with Crippen molar-refractivity contribution in [3.8, 4) is 0 Å². The summed E-state index contributed by atoms with van der Waals surface area (Å²) in [6, 6.07) is 0. The molecule has 0 aliphatic rings. The van der Waals surface area contributed by atoms with Crippen molar-refractivity contribution in [2.45, 2.75) is 33.3 Å². The van der Waals surface area contributed by atoms with E-state index in [1.807, 2.05) is 6.92 Å². The molecule has 0 amide bonds. The molecule has 4 atom stereocenters. The molecule has 0 aromatic heterocycles. The summed E-state index contributed by atoms with van der Waals surface area (Å²) in [5, 5.41) is 18.9. The third-order valence-electron chi connectivity index (χ3n) is 3.05. The van der Waals surface area contributed by atoms with Gasteiger partial charge in [0.2, 0.25) is 0 Å². The van der Waals surface area contributed by atoms with E-state index >= 15 is 0 Å². The van der Waals surface area contributed by atoms with E-state index in [0.29, 0.717) is 6.42 Å². The highest BCUT2D eigenvalue weighted by atomic mass is 31.2. The van der Waals surface area contributed by atoms with E-state index in [2.05, 4.69) is 0 Å². The van der Waals surface area contributed by atoms with E-state index in [9.17, 15) is 14.5 Å². The molecule has 7 heteroatoms.